The highest BCUT2D eigenvalue weighted by molar-refractivity contribution is 4.78. The molecule has 0 aromatic heterocycles. The summed E-state index contributed by atoms with van der Waals surface area (Å²) in [4.78, 5) is 7.16. The molecule has 2 unspecified atom stereocenters. The Balaban J connectivity index is 1.67. The molecule has 2 saturated heterocycles. The van der Waals surface area contributed by atoms with Crippen molar-refractivity contribution >= 4 is 0 Å². The molecule has 4 nitrogen and oxygen atoms in total. The maximum atomic E-state index is 5.61. The van der Waals surface area contributed by atoms with E-state index in [1.807, 2.05) is 0 Å². The first-order chi connectivity index (χ1) is 6.88. The van der Waals surface area contributed by atoms with E-state index in [4.69, 9.17) is 10.6 Å². The minimum atomic E-state index is 0.479. The second-order valence-electron chi connectivity index (χ2n) is 4.38. The van der Waals surface area contributed by atoms with Gasteiger partial charge in [-0.25, -0.2) is 5.90 Å². The first-order valence-electron chi connectivity index (χ1n) is 5.54. The summed E-state index contributed by atoms with van der Waals surface area (Å²) < 4.78 is 5.61. The minimum absolute atomic E-state index is 0.479. The molecule has 0 radical (unpaired) electrons. The summed E-state index contributed by atoms with van der Waals surface area (Å²) in [5.74, 6) is 5.70. The number of ether oxygens (including phenoxy) is 1. The van der Waals surface area contributed by atoms with Crippen LogP contribution in [0.4, 0.5) is 0 Å². The van der Waals surface area contributed by atoms with Crippen molar-refractivity contribution in [2.75, 3.05) is 32.8 Å². The summed E-state index contributed by atoms with van der Waals surface area (Å²) in [6.45, 7) is 5.04. The van der Waals surface area contributed by atoms with E-state index >= 15 is 0 Å². The lowest BCUT2D eigenvalue weighted by molar-refractivity contribution is 0.0732. The fourth-order valence-corrected chi connectivity index (χ4v) is 2.43. The molecule has 0 saturated carbocycles. The molecule has 2 rings (SSSR count). The van der Waals surface area contributed by atoms with E-state index in [0.717, 1.165) is 19.7 Å². The maximum Gasteiger partial charge on any atom is 0.0720 e. The van der Waals surface area contributed by atoms with E-state index in [2.05, 4.69) is 9.74 Å². The molecule has 2 aliphatic rings. The quantitative estimate of drug-likeness (QED) is 0.666. The van der Waals surface area contributed by atoms with Gasteiger partial charge in [-0.15, -0.1) is 0 Å². The topological polar surface area (TPSA) is 47.7 Å². The van der Waals surface area contributed by atoms with Crippen molar-refractivity contribution in [1.82, 2.24) is 4.90 Å². The molecular weight excluding hydrogens is 180 g/mol. The van der Waals surface area contributed by atoms with E-state index in [9.17, 15) is 0 Å². The zero-order valence-electron chi connectivity index (χ0n) is 8.65. The van der Waals surface area contributed by atoms with Crippen LogP contribution in [-0.4, -0.2) is 43.9 Å². The van der Waals surface area contributed by atoms with E-state index in [-0.39, 0.29) is 0 Å². The van der Waals surface area contributed by atoms with E-state index in [1.165, 1.54) is 25.8 Å². The largest absolute Gasteiger partial charge is 0.377 e. The van der Waals surface area contributed by atoms with Gasteiger partial charge < -0.3 is 14.5 Å². The molecule has 4 heteroatoms. The van der Waals surface area contributed by atoms with Crippen LogP contribution in [0.2, 0.25) is 0 Å². The number of rotatable bonds is 4. The second kappa shape index (κ2) is 5.07. The second-order valence-corrected chi connectivity index (χ2v) is 4.38. The molecular formula is C10H20N2O2. The molecule has 0 bridgehead atoms. The van der Waals surface area contributed by atoms with Crippen LogP contribution in [0.15, 0.2) is 0 Å². The number of hydrogen-bond acceptors (Lipinski definition) is 4. The molecule has 2 heterocycles. The van der Waals surface area contributed by atoms with Gasteiger partial charge in [0.1, 0.15) is 0 Å². The molecule has 2 aliphatic heterocycles. The van der Waals surface area contributed by atoms with E-state index in [0.29, 0.717) is 18.6 Å². The molecule has 0 aliphatic carbocycles. The molecule has 0 aromatic carbocycles. The lowest BCUT2D eigenvalue weighted by Gasteiger charge is -2.19. The smallest absolute Gasteiger partial charge is 0.0720 e. The van der Waals surface area contributed by atoms with Crippen molar-refractivity contribution in [3.63, 3.8) is 0 Å². The van der Waals surface area contributed by atoms with Crippen LogP contribution in [0.1, 0.15) is 19.3 Å². The first-order valence-corrected chi connectivity index (χ1v) is 5.54. The SMILES string of the molecule is NOCC1CCN(CC2CCCO2)C1. The van der Waals surface area contributed by atoms with Crippen LogP contribution in [0, 0.1) is 5.92 Å². The highest BCUT2D eigenvalue weighted by Crippen LogP contribution is 2.19. The Bertz CT molecular complexity index is 172. The van der Waals surface area contributed by atoms with Crippen molar-refractivity contribution in [3.8, 4) is 0 Å². The van der Waals surface area contributed by atoms with Gasteiger partial charge in [0.05, 0.1) is 12.7 Å². The van der Waals surface area contributed by atoms with Crippen LogP contribution in [0.3, 0.4) is 0 Å². The highest BCUT2D eigenvalue weighted by atomic mass is 16.6. The van der Waals surface area contributed by atoms with Crippen LogP contribution in [0.5, 0.6) is 0 Å². The third kappa shape index (κ3) is 2.67. The monoisotopic (exact) mass is 200 g/mol. The number of nitrogens with two attached hydrogens (primary N) is 1. The lowest BCUT2D eigenvalue weighted by atomic mass is 10.1. The summed E-state index contributed by atoms with van der Waals surface area (Å²) in [6.07, 6.45) is 4.15. The predicted molar refractivity (Wildman–Crippen MR) is 53.7 cm³/mol. The van der Waals surface area contributed by atoms with Gasteiger partial charge >= 0.3 is 0 Å². The molecule has 0 aromatic rings. The number of nitrogens with zero attached hydrogens (tertiary/aromatic N) is 1. The van der Waals surface area contributed by atoms with Gasteiger partial charge in [-0.3, -0.25) is 0 Å². The standard InChI is InChI=1S/C10H20N2O2/c11-14-8-9-3-4-12(6-9)7-10-2-1-5-13-10/h9-10H,1-8,11H2. The predicted octanol–water partition coefficient (Wildman–Crippen LogP) is 0.378. The Hall–Kier alpha value is -0.160. The Morgan fingerprint density at radius 3 is 3.07 bits per heavy atom. The summed E-state index contributed by atoms with van der Waals surface area (Å²) in [7, 11) is 0. The van der Waals surface area contributed by atoms with Crippen molar-refractivity contribution in [3.05, 3.63) is 0 Å². The van der Waals surface area contributed by atoms with Gasteiger partial charge in [-0.05, 0) is 31.7 Å². The van der Waals surface area contributed by atoms with E-state index in [1.54, 1.807) is 0 Å². The Morgan fingerprint density at radius 2 is 2.36 bits per heavy atom. The zero-order valence-corrected chi connectivity index (χ0v) is 8.65. The van der Waals surface area contributed by atoms with Crippen LogP contribution >= 0.6 is 0 Å². The van der Waals surface area contributed by atoms with Crippen molar-refractivity contribution in [2.24, 2.45) is 11.8 Å². The average molecular weight is 200 g/mol. The third-order valence-corrected chi connectivity index (χ3v) is 3.19. The minimum Gasteiger partial charge on any atom is -0.377 e. The van der Waals surface area contributed by atoms with Gasteiger partial charge in [0, 0.05) is 19.7 Å². The highest BCUT2D eigenvalue weighted by Gasteiger charge is 2.26. The van der Waals surface area contributed by atoms with E-state index < -0.39 is 0 Å². The molecule has 2 atom stereocenters. The normalized spacial score (nSPS) is 34.1. The maximum absolute atomic E-state index is 5.61. The summed E-state index contributed by atoms with van der Waals surface area (Å²) in [5, 5.41) is 0. The molecule has 14 heavy (non-hydrogen) atoms. The Kier molecular flexibility index (Phi) is 3.75. The first kappa shape index (κ1) is 10.4. The summed E-state index contributed by atoms with van der Waals surface area (Å²) in [6, 6.07) is 0. The van der Waals surface area contributed by atoms with Gasteiger partial charge in [-0.2, -0.15) is 0 Å². The molecule has 82 valence electrons. The number of likely N-dealkylation sites (tertiary alicyclic amines) is 1. The molecule has 2 N–H and O–H groups in total. The third-order valence-electron chi connectivity index (χ3n) is 3.19. The molecule has 0 spiro atoms. The summed E-state index contributed by atoms with van der Waals surface area (Å²) in [5.41, 5.74) is 0. The van der Waals surface area contributed by atoms with Gasteiger partial charge in [0.15, 0.2) is 0 Å². The van der Waals surface area contributed by atoms with Gasteiger partial charge in [0.2, 0.25) is 0 Å². The summed E-state index contributed by atoms with van der Waals surface area (Å²) >= 11 is 0. The fraction of sp³-hybridized carbons (Fsp3) is 1.00. The zero-order chi connectivity index (χ0) is 9.80. The van der Waals surface area contributed by atoms with Gasteiger partial charge in [0.25, 0.3) is 0 Å². The van der Waals surface area contributed by atoms with Crippen LogP contribution in [-0.2, 0) is 9.57 Å². The van der Waals surface area contributed by atoms with Crippen molar-refractivity contribution in [1.29, 1.82) is 0 Å². The molecule has 2 fully saturated rings. The fourth-order valence-electron chi connectivity index (χ4n) is 2.43. The number of hydrogen-bond donors (Lipinski definition) is 1. The Morgan fingerprint density at radius 1 is 1.43 bits per heavy atom. The van der Waals surface area contributed by atoms with Gasteiger partial charge in [-0.1, -0.05) is 0 Å². The van der Waals surface area contributed by atoms with Crippen molar-refractivity contribution < 1.29 is 9.57 Å². The van der Waals surface area contributed by atoms with Crippen molar-refractivity contribution in [2.45, 2.75) is 25.4 Å². The van der Waals surface area contributed by atoms with Crippen LogP contribution < -0.4 is 5.90 Å². The molecule has 0 amide bonds. The Labute approximate surface area is 85.3 Å². The van der Waals surface area contributed by atoms with Crippen LogP contribution in [0.25, 0.3) is 0 Å². The lowest BCUT2D eigenvalue weighted by Crippen LogP contribution is -2.30. The average Bonchev–Trinajstić information content (AvgIpc) is 2.79.